The highest BCUT2D eigenvalue weighted by Crippen LogP contribution is 2.17. The van der Waals surface area contributed by atoms with Gasteiger partial charge in [-0.3, -0.25) is 4.90 Å². The molecule has 0 amide bonds. The number of rotatable bonds is 4. The van der Waals surface area contributed by atoms with E-state index in [-0.39, 0.29) is 0 Å². The molecule has 0 aliphatic heterocycles. The summed E-state index contributed by atoms with van der Waals surface area (Å²) in [6.45, 7) is 10.6. The van der Waals surface area contributed by atoms with Crippen LogP contribution >= 0.6 is 0 Å². The molecule has 0 saturated carbocycles. The molecule has 3 heteroatoms. The molecule has 1 rings (SSSR count). The van der Waals surface area contributed by atoms with Crippen molar-refractivity contribution in [1.82, 2.24) is 14.9 Å². The predicted octanol–water partition coefficient (Wildman–Crippen LogP) is 2.19. The molecule has 0 aromatic carbocycles. The third-order valence-corrected chi connectivity index (χ3v) is 2.64. The summed E-state index contributed by atoms with van der Waals surface area (Å²) >= 11 is 0. The molecule has 0 spiro atoms. The summed E-state index contributed by atoms with van der Waals surface area (Å²) in [5.41, 5.74) is 1.19. The molecule has 0 bridgehead atoms. The van der Waals surface area contributed by atoms with Crippen molar-refractivity contribution >= 4 is 0 Å². The van der Waals surface area contributed by atoms with Crippen LogP contribution in [-0.4, -0.2) is 28.0 Å². The second-order valence-corrected chi connectivity index (χ2v) is 3.46. The van der Waals surface area contributed by atoms with E-state index in [0.717, 1.165) is 18.9 Å². The van der Waals surface area contributed by atoms with Crippen molar-refractivity contribution < 1.29 is 0 Å². The Kier molecular flexibility index (Phi) is 4.01. The fourth-order valence-electron chi connectivity index (χ4n) is 1.60. The van der Waals surface area contributed by atoms with Crippen LogP contribution in [0.1, 0.15) is 38.2 Å². The van der Waals surface area contributed by atoms with Crippen LogP contribution in [0.4, 0.5) is 0 Å². The molecule has 0 saturated heterocycles. The summed E-state index contributed by atoms with van der Waals surface area (Å²) in [5, 5.41) is 0. The Morgan fingerprint density at radius 2 is 1.71 bits per heavy atom. The lowest BCUT2D eigenvalue weighted by Crippen LogP contribution is -2.26. The van der Waals surface area contributed by atoms with Crippen molar-refractivity contribution in [2.75, 3.05) is 13.1 Å². The molecular weight excluding hydrogens is 174 g/mol. The van der Waals surface area contributed by atoms with E-state index >= 15 is 0 Å². The van der Waals surface area contributed by atoms with Gasteiger partial charge in [-0.05, 0) is 26.9 Å². The summed E-state index contributed by atoms with van der Waals surface area (Å²) in [7, 11) is 0. The molecule has 0 radical (unpaired) electrons. The molecular formula is C11H19N3. The normalized spacial score (nSPS) is 13.2. The van der Waals surface area contributed by atoms with Crippen molar-refractivity contribution in [3.8, 4) is 0 Å². The zero-order chi connectivity index (χ0) is 10.6. The van der Waals surface area contributed by atoms with Crippen LogP contribution in [0.3, 0.4) is 0 Å². The minimum atomic E-state index is 0.408. The molecule has 0 fully saturated rings. The summed E-state index contributed by atoms with van der Waals surface area (Å²) in [4.78, 5) is 10.8. The number of aryl methyl sites for hydroxylation is 1. The molecule has 0 aliphatic rings. The third-order valence-electron chi connectivity index (χ3n) is 2.64. The maximum atomic E-state index is 4.21. The van der Waals surface area contributed by atoms with E-state index in [0.29, 0.717) is 6.04 Å². The highest BCUT2D eigenvalue weighted by Gasteiger charge is 2.12. The average Bonchev–Trinajstić information content (AvgIpc) is 2.20. The van der Waals surface area contributed by atoms with Gasteiger partial charge in [-0.2, -0.15) is 0 Å². The van der Waals surface area contributed by atoms with Gasteiger partial charge in [-0.1, -0.05) is 13.8 Å². The van der Waals surface area contributed by atoms with Gasteiger partial charge < -0.3 is 0 Å². The fraction of sp³-hybridized carbons (Fsp3) is 0.636. The zero-order valence-electron chi connectivity index (χ0n) is 9.49. The van der Waals surface area contributed by atoms with E-state index in [1.807, 2.05) is 19.3 Å². The summed E-state index contributed by atoms with van der Waals surface area (Å²) < 4.78 is 0. The lowest BCUT2D eigenvalue weighted by molar-refractivity contribution is 0.233. The number of hydrogen-bond donors (Lipinski definition) is 0. The van der Waals surface area contributed by atoms with Crippen LogP contribution in [0.25, 0.3) is 0 Å². The van der Waals surface area contributed by atoms with Crippen LogP contribution in [0.2, 0.25) is 0 Å². The second kappa shape index (κ2) is 5.05. The van der Waals surface area contributed by atoms with Gasteiger partial charge in [0.25, 0.3) is 0 Å². The van der Waals surface area contributed by atoms with Crippen LogP contribution < -0.4 is 0 Å². The van der Waals surface area contributed by atoms with Crippen LogP contribution in [0.15, 0.2) is 12.4 Å². The highest BCUT2D eigenvalue weighted by atomic mass is 15.1. The Bertz CT molecular complexity index is 264. The first-order chi connectivity index (χ1) is 6.69. The van der Waals surface area contributed by atoms with Crippen LogP contribution in [-0.2, 0) is 0 Å². The van der Waals surface area contributed by atoms with Gasteiger partial charge in [0.1, 0.15) is 5.82 Å². The van der Waals surface area contributed by atoms with Gasteiger partial charge in [0.15, 0.2) is 0 Å². The Labute approximate surface area is 86.2 Å². The van der Waals surface area contributed by atoms with Crippen LogP contribution in [0.5, 0.6) is 0 Å². The van der Waals surface area contributed by atoms with Gasteiger partial charge in [0.2, 0.25) is 0 Å². The Morgan fingerprint density at radius 1 is 1.21 bits per heavy atom. The lowest BCUT2D eigenvalue weighted by Gasteiger charge is -2.26. The first-order valence-corrected chi connectivity index (χ1v) is 5.21. The standard InChI is InChI=1S/C11H19N3/c1-5-14(6-2)9(3)11-7-12-10(4)13-8-11/h7-9H,5-6H2,1-4H3. The minimum Gasteiger partial charge on any atom is -0.297 e. The molecule has 78 valence electrons. The molecule has 3 nitrogen and oxygen atoms in total. The predicted molar refractivity (Wildman–Crippen MR) is 58.1 cm³/mol. The topological polar surface area (TPSA) is 29.0 Å². The molecule has 1 heterocycles. The van der Waals surface area contributed by atoms with Crippen molar-refractivity contribution in [2.24, 2.45) is 0 Å². The minimum absolute atomic E-state index is 0.408. The maximum Gasteiger partial charge on any atom is 0.125 e. The van der Waals surface area contributed by atoms with Gasteiger partial charge in [-0.25, -0.2) is 9.97 Å². The van der Waals surface area contributed by atoms with Gasteiger partial charge in [-0.15, -0.1) is 0 Å². The van der Waals surface area contributed by atoms with E-state index in [1.165, 1.54) is 5.56 Å². The SMILES string of the molecule is CCN(CC)C(C)c1cnc(C)nc1. The zero-order valence-corrected chi connectivity index (χ0v) is 9.49. The monoisotopic (exact) mass is 193 g/mol. The van der Waals surface area contributed by atoms with Gasteiger partial charge >= 0.3 is 0 Å². The summed E-state index contributed by atoms with van der Waals surface area (Å²) in [6.07, 6.45) is 3.84. The Morgan fingerprint density at radius 3 is 2.14 bits per heavy atom. The van der Waals surface area contributed by atoms with Gasteiger partial charge in [0.05, 0.1) is 0 Å². The molecule has 0 aliphatic carbocycles. The van der Waals surface area contributed by atoms with Crippen molar-refractivity contribution in [2.45, 2.75) is 33.7 Å². The first kappa shape index (κ1) is 11.1. The molecule has 0 N–H and O–H groups in total. The third kappa shape index (κ3) is 2.51. The van der Waals surface area contributed by atoms with E-state index < -0.39 is 0 Å². The van der Waals surface area contributed by atoms with E-state index in [2.05, 4.69) is 35.6 Å². The quantitative estimate of drug-likeness (QED) is 0.734. The molecule has 1 aromatic heterocycles. The second-order valence-electron chi connectivity index (χ2n) is 3.46. The molecule has 1 unspecified atom stereocenters. The summed E-state index contributed by atoms with van der Waals surface area (Å²) in [5.74, 6) is 0.834. The molecule has 1 atom stereocenters. The van der Waals surface area contributed by atoms with E-state index in [4.69, 9.17) is 0 Å². The van der Waals surface area contributed by atoms with Crippen molar-refractivity contribution in [1.29, 1.82) is 0 Å². The van der Waals surface area contributed by atoms with E-state index in [1.54, 1.807) is 0 Å². The number of hydrogen-bond acceptors (Lipinski definition) is 3. The smallest absolute Gasteiger partial charge is 0.125 e. The van der Waals surface area contributed by atoms with Crippen LogP contribution in [0, 0.1) is 6.92 Å². The Hall–Kier alpha value is -0.960. The average molecular weight is 193 g/mol. The van der Waals surface area contributed by atoms with Crippen molar-refractivity contribution in [3.63, 3.8) is 0 Å². The van der Waals surface area contributed by atoms with E-state index in [9.17, 15) is 0 Å². The van der Waals surface area contributed by atoms with Gasteiger partial charge in [0, 0.05) is 24.0 Å². The van der Waals surface area contributed by atoms with Crippen molar-refractivity contribution in [3.05, 3.63) is 23.8 Å². The first-order valence-electron chi connectivity index (χ1n) is 5.21. The maximum absolute atomic E-state index is 4.21. The number of aromatic nitrogens is 2. The summed E-state index contributed by atoms with van der Waals surface area (Å²) in [6, 6.07) is 0.408. The fourth-order valence-corrected chi connectivity index (χ4v) is 1.60. The largest absolute Gasteiger partial charge is 0.297 e. The highest BCUT2D eigenvalue weighted by molar-refractivity contribution is 5.09. The molecule has 1 aromatic rings. The molecule has 14 heavy (non-hydrogen) atoms. The lowest BCUT2D eigenvalue weighted by atomic mass is 10.1. The Balaban J connectivity index is 2.77. The number of nitrogens with zero attached hydrogens (tertiary/aromatic N) is 3.